The Morgan fingerprint density at radius 1 is 1.14 bits per heavy atom. The molecule has 0 saturated heterocycles. The van der Waals surface area contributed by atoms with Gasteiger partial charge >= 0.3 is 11.9 Å². The maximum absolute atomic E-state index is 11.4. The molecule has 5 nitrogen and oxygen atoms in total. The van der Waals surface area contributed by atoms with Gasteiger partial charge < -0.3 is 14.6 Å². The highest BCUT2D eigenvalue weighted by molar-refractivity contribution is 6.02. The number of hydrogen-bond acceptors (Lipinski definition) is 4. The largest absolute Gasteiger partial charge is 0.479 e. The molecule has 1 unspecified atom stereocenters. The highest BCUT2D eigenvalue weighted by Crippen LogP contribution is 2.17. The predicted octanol–water partition coefficient (Wildman–Crippen LogP) is 0.818. The summed E-state index contributed by atoms with van der Waals surface area (Å²) in [6, 6.07) is 0. The zero-order chi connectivity index (χ0) is 11.6. The van der Waals surface area contributed by atoms with Crippen molar-refractivity contribution < 1.29 is 24.2 Å². The van der Waals surface area contributed by atoms with Crippen molar-refractivity contribution in [1.29, 1.82) is 0 Å². The smallest absolute Gasteiger partial charge is 0.350 e. The maximum atomic E-state index is 11.4. The molecule has 0 radical (unpaired) electrons. The minimum absolute atomic E-state index is 0.730. The molecule has 0 aliphatic rings. The fourth-order valence-corrected chi connectivity index (χ4v) is 0.633. The van der Waals surface area contributed by atoms with E-state index in [4.69, 9.17) is 9.84 Å². The summed E-state index contributed by atoms with van der Waals surface area (Å²) in [5.74, 6) is -2.27. The van der Waals surface area contributed by atoms with Crippen LogP contribution in [0, 0.1) is 0 Å². The second kappa shape index (κ2) is 3.96. The SMILES string of the molecule is COC(C)(C(=O)O)C(=O)OC(C)(C)C. The van der Waals surface area contributed by atoms with Crippen molar-refractivity contribution in [1.82, 2.24) is 0 Å². The van der Waals surface area contributed by atoms with Gasteiger partial charge in [-0.05, 0) is 27.7 Å². The van der Waals surface area contributed by atoms with Crippen molar-refractivity contribution in [3.8, 4) is 0 Å². The number of carboxylic acids is 1. The van der Waals surface area contributed by atoms with E-state index in [2.05, 4.69) is 4.74 Å². The highest BCUT2D eigenvalue weighted by Gasteiger charge is 2.45. The van der Waals surface area contributed by atoms with Gasteiger partial charge in [-0.1, -0.05) is 0 Å². The van der Waals surface area contributed by atoms with Crippen LogP contribution in [-0.2, 0) is 19.1 Å². The Hall–Kier alpha value is -1.10. The summed E-state index contributed by atoms with van der Waals surface area (Å²) in [7, 11) is 1.15. The molecule has 1 atom stereocenters. The molecule has 0 aliphatic carbocycles. The van der Waals surface area contributed by atoms with Crippen LogP contribution in [0.2, 0.25) is 0 Å². The molecule has 0 aliphatic heterocycles. The molecule has 0 heterocycles. The molecule has 0 bridgehead atoms. The predicted molar refractivity (Wildman–Crippen MR) is 48.9 cm³/mol. The summed E-state index contributed by atoms with van der Waals surface area (Å²) >= 11 is 0. The van der Waals surface area contributed by atoms with Gasteiger partial charge in [0.25, 0.3) is 5.60 Å². The lowest BCUT2D eigenvalue weighted by Gasteiger charge is -2.26. The number of carbonyl (C=O) groups excluding carboxylic acids is 1. The van der Waals surface area contributed by atoms with Gasteiger partial charge in [0.05, 0.1) is 0 Å². The van der Waals surface area contributed by atoms with Gasteiger partial charge in [0.1, 0.15) is 5.60 Å². The summed E-state index contributed by atoms with van der Waals surface area (Å²) in [5.41, 5.74) is -2.67. The summed E-state index contributed by atoms with van der Waals surface area (Å²) in [5, 5.41) is 8.77. The fourth-order valence-electron chi connectivity index (χ4n) is 0.633. The molecule has 0 amide bonds. The molecule has 0 rings (SSSR count). The Balaban J connectivity index is 4.73. The fraction of sp³-hybridized carbons (Fsp3) is 0.778. The van der Waals surface area contributed by atoms with Crippen LogP contribution in [0.3, 0.4) is 0 Å². The summed E-state index contributed by atoms with van der Waals surface area (Å²) in [6.45, 7) is 6.12. The summed E-state index contributed by atoms with van der Waals surface area (Å²) < 4.78 is 9.54. The van der Waals surface area contributed by atoms with Crippen molar-refractivity contribution in [2.75, 3.05) is 7.11 Å². The standard InChI is InChI=1S/C9H16O5/c1-8(2,3)14-7(12)9(4,13-5)6(10)11/h1-5H3,(H,10,11). The molecule has 1 N–H and O–H groups in total. The Morgan fingerprint density at radius 2 is 1.57 bits per heavy atom. The molecule has 82 valence electrons. The molecule has 0 aromatic rings. The Bertz CT molecular complexity index is 240. The normalized spacial score (nSPS) is 15.8. The van der Waals surface area contributed by atoms with E-state index >= 15 is 0 Å². The zero-order valence-electron chi connectivity index (χ0n) is 9.08. The van der Waals surface area contributed by atoms with Crippen molar-refractivity contribution >= 4 is 11.9 Å². The number of aliphatic carboxylic acids is 1. The first-order valence-corrected chi connectivity index (χ1v) is 4.15. The van der Waals surface area contributed by atoms with E-state index in [1.54, 1.807) is 20.8 Å². The van der Waals surface area contributed by atoms with Crippen LogP contribution < -0.4 is 0 Å². The second-order valence-electron chi connectivity index (χ2n) is 4.04. The number of carboxylic acid groups (broad SMARTS) is 1. The molecule has 0 aromatic heterocycles. The molecule has 0 fully saturated rings. The lowest BCUT2D eigenvalue weighted by molar-refractivity contribution is -0.189. The van der Waals surface area contributed by atoms with Crippen LogP contribution in [0.5, 0.6) is 0 Å². The third-order valence-electron chi connectivity index (χ3n) is 1.60. The average Bonchev–Trinajstić information content (AvgIpc) is 1.99. The van der Waals surface area contributed by atoms with Crippen LogP contribution in [0.15, 0.2) is 0 Å². The van der Waals surface area contributed by atoms with E-state index < -0.39 is 23.1 Å². The molecule has 0 spiro atoms. The number of carbonyl (C=O) groups is 2. The van der Waals surface area contributed by atoms with Gasteiger partial charge in [-0.2, -0.15) is 0 Å². The van der Waals surface area contributed by atoms with Crippen molar-refractivity contribution in [2.45, 2.75) is 38.9 Å². The minimum atomic E-state index is -1.94. The van der Waals surface area contributed by atoms with Crippen LogP contribution in [0.1, 0.15) is 27.7 Å². The van der Waals surface area contributed by atoms with Gasteiger partial charge in [-0.25, -0.2) is 9.59 Å². The lowest BCUT2D eigenvalue weighted by atomic mass is 10.1. The van der Waals surface area contributed by atoms with Gasteiger partial charge in [-0.3, -0.25) is 0 Å². The number of hydrogen-bond donors (Lipinski definition) is 1. The van der Waals surface area contributed by atoms with E-state index in [0.29, 0.717) is 0 Å². The first-order chi connectivity index (χ1) is 6.13. The van der Waals surface area contributed by atoms with Crippen LogP contribution in [0.4, 0.5) is 0 Å². The highest BCUT2D eigenvalue weighted by atomic mass is 16.6. The molecular weight excluding hydrogens is 188 g/mol. The quantitative estimate of drug-likeness (QED) is 0.544. The van der Waals surface area contributed by atoms with Crippen LogP contribution >= 0.6 is 0 Å². The maximum Gasteiger partial charge on any atom is 0.350 e. The summed E-state index contributed by atoms with van der Waals surface area (Å²) in [4.78, 5) is 22.2. The molecule has 5 heteroatoms. The number of rotatable bonds is 3. The lowest BCUT2D eigenvalue weighted by Crippen LogP contribution is -2.48. The number of ether oxygens (including phenoxy) is 2. The van der Waals surface area contributed by atoms with Gasteiger partial charge in [0.2, 0.25) is 0 Å². The van der Waals surface area contributed by atoms with Crippen LogP contribution in [0.25, 0.3) is 0 Å². The minimum Gasteiger partial charge on any atom is -0.479 e. The van der Waals surface area contributed by atoms with Crippen LogP contribution in [-0.4, -0.2) is 35.4 Å². The monoisotopic (exact) mass is 204 g/mol. The van der Waals surface area contributed by atoms with E-state index in [-0.39, 0.29) is 0 Å². The Morgan fingerprint density at radius 3 is 1.79 bits per heavy atom. The number of methoxy groups -OCH3 is 1. The van der Waals surface area contributed by atoms with E-state index in [1.165, 1.54) is 0 Å². The average molecular weight is 204 g/mol. The van der Waals surface area contributed by atoms with Gasteiger partial charge in [-0.15, -0.1) is 0 Å². The third-order valence-corrected chi connectivity index (χ3v) is 1.60. The van der Waals surface area contributed by atoms with E-state index in [9.17, 15) is 9.59 Å². The second-order valence-corrected chi connectivity index (χ2v) is 4.04. The molecular formula is C9H16O5. The van der Waals surface area contributed by atoms with Crippen molar-refractivity contribution in [3.05, 3.63) is 0 Å². The Labute approximate surface area is 83.0 Å². The Kier molecular flexibility index (Phi) is 3.65. The molecule has 14 heavy (non-hydrogen) atoms. The first kappa shape index (κ1) is 12.9. The first-order valence-electron chi connectivity index (χ1n) is 4.15. The van der Waals surface area contributed by atoms with Gasteiger partial charge in [0.15, 0.2) is 0 Å². The third kappa shape index (κ3) is 2.99. The zero-order valence-corrected chi connectivity index (χ0v) is 9.08. The van der Waals surface area contributed by atoms with Gasteiger partial charge in [0, 0.05) is 7.11 Å². The van der Waals surface area contributed by atoms with E-state index in [0.717, 1.165) is 14.0 Å². The van der Waals surface area contributed by atoms with Crippen molar-refractivity contribution in [2.24, 2.45) is 0 Å². The molecule has 0 saturated carbocycles. The summed E-state index contributed by atoms with van der Waals surface area (Å²) in [6.07, 6.45) is 0. The van der Waals surface area contributed by atoms with Crippen molar-refractivity contribution in [3.63, 3.8) is 0 Å². The topological polar surface area (TPSA) is 72.8 Å². The number of esters is 1. The molecule has 0 aromatic carbocycles. The van der Waals surface area contributed by atoms with E-state index in [1.807, 2.05) is 0 Å².